The second-order valence-electron chi connectivity index (χ2n) is 6.70. The summed E-state index contributed by atoms with van der Waals surface area (Å²) < 4.78 is 5.78. The first-order chi connectivity index (χ1) is 12.8. The molecule has 2 aromatic rings. The van der Waals surface area contributed by atoms with Crippen molar-refractivity contribution in [1.29, 1.82) is 0 Å². The van der Waals surface area contributed by atoms with E-state index in [1.807, 2.05) is 29.3 Å². The van der Waals surface area contributed by atoms with Crippen molar-refractivity contribution < 1.29 is 9.53 Å². The lowest BCUT2D eigenvalue weighted by Gasteiger charge is -2.31. The lowest BCUT2D eigenvalue weighted by molar-refractivity contribution is 0.178. The lowest BCUT2D eigenvalue weighted by Crippen LogP contribution is -2.45. The highest BCUT2D eigenvalue weighted by molar-refractivity contribution is 5.74. The summed E-state index contributed by atoms with van der Waals surface area (Å²) in [4.78, 5) is 21.9. The maximum atomic E-state index is 12.5. The summed E-state index contributed by atoms with van der Waals surface area (Å²) in [6.45, 7) is 4.94. The normalized spacial score (nSPS) is 17.1. The van der Waals surface area contributed by atoms with E-state index in [9.17, 15) is 4.79 Å². The largest absolute Gasteiger partial charge is 0.493 e. The van der Waals surface area contributed by atoms with Crippen LogP contribution in [0.5, 0.6) is 5.75 Å². The summed E-state index contributed by atoms with van der Waals surface area (Å²) in [5, 5.41) is 3.05. The Labute approximate surface area is 155 Å². The van der Waals surface area contributed by atoms with Gasteiger partial charge in [0.05, 0.1) is 6.61 Å². The molecule has 1 atom stereocenters. The van der Waals surface area contributed by atoms with E-state index >= 15 is 0 Å². The van der Waals surface area contributed by atoms with E-state index in [4.69, 9.17) is 4.74 Å². The molecule has 1 aromatic carbocycles. The van der Waals surface area contributed by atoms with Gasteiger partial charge in [-0.3, -0.25) is 0 Å². The number of aromatic nitrogens is 2. The minimum absolute atomic E-state index is 0.00761. The van der Waals surface area contributed by atoms with Crippen molar-refractivity contribution in [2.45, 2.75) is 38.5 Å². The average molecular weight is 356 g/mol. The van der Waals surface area contributed by atoms with Crippen molar-refractivity contribution >= 4 is 6.03 Å². The van der Waals surface area contributed by atoms with E-state index < -0.39 is 0 Å². The summed E-state index contributed by atoms with van der Waals surface area (Å²) >= 11 is 0. The highest BCUT2D eigenvalue weighted by Gasteiger charge is 2.25. The number of imidazole rings is 1. The fourth-order valence-electron chi connectivity index (χ4n) is 3.36. The number of benzene rings is 1. The van der Waals surface area contributed by atoms with Crippen molar-refractivity contribution in [3.63, 3.8) is 0 Å². The number of likely N-dealkylation sites (tertiary alicyclic amines) is 1. The Hall–Kier alpha value is -2.50. The van der Waals surface area contributed by atoms with E-state index in [0.29, 0.717) is 19.1 Å². The minimum atomic E-state index is 0.00761. The second-order valence-corrected chi connectivity index (χ2v) is 6.70. The van der Waals surface area contributed by atoms with Crippen LogP contribution in [0.1, 0.15) is 43.5 Å². The zero-order valence-corrected chi connectivity index (χ0v) is 15.4. The summed E-state index contributed by atoms with van der Waals surface area (Å²) in [6.07, 6.45) is 7.43. The SMILES string of the molecule is CCCOc1ccccc1CCNC(=O)N1CCC[C@@H](c2ncc[nH]2)C1. The smallest absolute Gasteiger partial charge is 0.317 e. The number of nitrogens with zero attached hydrogens (tertiary/aromatic N) is 2. The first-order valence-electron chi connectivity index (χ1n) is 9.50. The maximum Gasteiger partial charge on any atom is 0.317 e. The van der Waals surface area contributed by atoms with Gasteiger partial charge in [-0.1, -0.05) is 25.1 Å². The third kappa shape index (κ3) is 4.77. The van der Waals surface area contributed by atoms with Crippen LogP contribution < -0.4 is 10.1 Å². The predicted molar refractivity (Wildman–Crippen MR) is 101 cm³/mol. The molecule has 1 saturated heterocycles. The number of rotatable bonds is 7. The van der Waals surface area contributed by atoms with Gasteiger partial charge >= 0.3 is 6.03 Å². The van der Waals surface area contributed by atoms with Gasteiger partial charge in [0, 0.05) is 37.9 Å². The van der Waals surface area contributed by atoms with E-state index in [1.54, 1.807) is 6.20 Å². The number of piperidine rings is 1. The molecule has 0 aliphatic carbocycles. The van der Waals surface area contributed by atoms with Crippen molar-refractivity contribution in [2.24, 2.45) is 0 Å². The van der Waals surface area contributed by atoms with E-state index in [-0.39, 0.29) is 6.03 Å². The van der Waals surface area contributed by atoms with Crippen LogP contribution in [0.25, 0.3) is 0 Å². The van der Waals surface area contributed by atoms with Crippen LogP contribution in [0.2, 0.25) is 0 Å². The van der Waals surface area contributed by atoms with Crippen molar-refractivity contribution in [1.82, 2.24) is 20.2 Å². The molecule has 6 nitrogen and oxygen atoms in total. The Morgan fingerprint density at radius 2 is 2.31 bits per heavy atom. The number of ether oxygens (including phenoxy) is 1. The Kier molecular flexibility index (Phi) is 6.52. The second kappa shape index (κ2) is 9.27. The van der Waals surface area contributed by atoms with Crippen LogP contribution in [0.15, 0.2) is 36.7 Å². The van der Waals surface area contributed by atoms with Crippen molar-refractivity contribution in [3.05, 3.63) is 48.0 Å². The Morgan fingerprint density at radius 3 is 3.12 bits per heavy atom. The number of aromatic amines is 1. The number of carbonyl (C=O) groups excluding carboxylic acids is 1. The molecule has 2 N–H and O–H groups in total. The number of amides is 2. The van der Waals surface area contributed by atoms with Gasteiger partial charge in [0.15, 0.2) is 0 Å². The van der Waals surface area contributed by atoms with Gasteiger partial charge < -0.3 is 19.9 Å². The standard InChI is InChI=1S/C20H28N4O2/c1-2-14-26-18-8-4-3-6-16(18)9-10-23-20(25)24-13-5-7-17(15-24)19-21-11-12-22-19/h3-4,6,8,11-12,17H,2,5,7,9-10,13-15H2,1H3,(H,21,22)(H,23,25)/t17-/m1/s1. The van der Waals surface area contributed by atoms with Crippen molar-refractivity contribution in [3.8, 4) is 5.75 Å². The van der Waals surface area contributed by atoms with E-state index in [1.165, 1.54) is 0 Å². The van der Waals surface area contributed by atoms with Crippen LogP contribution in [0.4, 0.5) is 4.79 Å². The molecular weight excluding hydrogens is 328 g/mol. The number of nitrogens with one attached hydrogen (secondary N) is 2. The van der Waals surface area contributed by atoms with Gasteiger partial charge in [0.25, 0.3) is 0 Å². The molecule has 6 heteroatoms. The number of hydrogen-bond donors (Lipinski definition) is 2. The first kappa shape index (κ1) is 18.3. The van der Waals surface area contributed by atoms with Gasteiger partial charge in [0.2, 0.25) is 0 Å². The third-order valence-electron chi connectivity index (χ3n) is 4.72. The number of hydrogen-bond acceptors (Lipinski definition) is 3. The van der Waals surface area contributed by atoms with Crippen molar-refractivity contribution in [2.75, 3.05) is 26.2 Å². The van der Waals surface area contributed by atoms with E-state index in [2.05, 4.69) is 28.3 Å². The van der Waals surface area contributed by atoms with Gasteiger partial charge in [-0.25, -0.2) is 9.78 Å². The Bertz CT molecular complexity index is 687. The van der Waals surface area contributed by atoms with Crippen LogP contribution in [-0.4, -0.2) is 47.1 Å². The minimum Gasteiger partial charge on any atom is -0.493 e. The molecule has 1 aliphatic rings. The van der Waals surface area contributed by atoms with Crippen LogP contribution >= 0.6 is 0 Å². The lowest BCUT2D eigenvalue weighted by atomic mass is 9.98. The molecule has 3 rings (SSSR count). The molecule has 140 valence electrons. The molecule has 2 heterocycles. The van der Waals surface area contributed by atoms with Gasteiger partial charge in [-0.05, 0) is 37.3 Å². The fourth-order valence-corrected chi connectivity index (χ4v) is 3.36. The number of urea groups is 1. The van der Waals surface area contributed by atoms with Gasteiger partial charge in [-0.2, -0.15) is 0 Å². The highest BCUT2D eigenvalue weighted by atomic mass is 16.5. The molecular formula is C20H28N4O2. The topological polar surface area (TPSA) is 70.2 Å². The zero-order valence-electron chi connectivity index (χ0n) is 15.4. The molecule has 1 fully saturated rings. The Morgan fingerprint density at radius 1 is 1.42 bits per heavy atom. The van der Waals surface area contributed by atoms with E-state index in [0.717, 1.165) is 55.9 Å². The molecule has 1 aromatic heterocycles. The van der Waals surface area contributed by atoms with Crippen LogP contribution in [-0.2, 0) is 6.42 Å². The molecule has 0 unspecified atom stereocenters. The summed E-state index contributed by atoms with van der Waals surface area (Å²) in [5.74, 6) is 2.19. The van der Waals surface area contributed by atoms with Gasteiger partial charge in [-0.15, -0.1) is 0 Å². The predicted octanol–water partition coefficient (Wildman–Crippen LogP) is 3.33. The highest BCUT2D eigenvalue weighted by Crippen LogP contribution is 2.24. The quantitative estimate of drug-likeness (QED) is 0.799. The summed E-state index contributed by atoms with van der Waals surface area (Å²) in [5.41, 5.74) is 1.13. The molecule has 26 heavy (non-hydrogen) atoms. The zero-order chi connectivity index (χ0) is 18.2. The fraction of sp³-hybridized carbons (Fsp3) is 0.500. The number of carbonyl (C=O) groups is 1. The maximum absolute atomic E-state index is 12.5. The molecule has 2 amide bonds. The average Bonchev–Trinajstić information content (AvgIpc) is 3.22. The van der Waals surface area contributed by atoms with Crippen LogP contribution in [0, 0.1) is 0 Å². The summed E-state index contributed by atoms with van der Waals surface area (Å²) in [7, 11) is 0. The molecule has 0 radical (unpaired) electrons. The monoisotopic (exact) mass is 356 g/mol. The molecule has 0 bridgehead atoms. The summed E-state index contributed by atoms with van der Waals surface area (Å²) in [6, 6.07) is 8.05. The molecule has 0 saturated carbocycles. The molecule has 0 spiro atoms. The molecule has 1 aliphatic heterocycles. The first-order valence-corrected chi connectivity index (χ1v) is 9.50. The van der Waals surface area contributed by atoms with Gasteiger partial charge in [0.1, 0.15) is 11.6 Å². The van der Waals surface area contributed by atoms with Crippen LogP contribution in [0.3, 0.4) is 0 Å². The third-order valence-corrected chi connectivity index (χ3v) is 4.72. The number of H-pyrrole nitrogens is 1. The number of para-hydroxylation sites is 1. The Balaban J connectivity index is 1.48.